The number of aryl methyl sites for hydroxylation is 6. The Labute approximate surface area is 777 Å². The fourth-order valence-electron chi connectivity index (χ4n) is 15.0. The Morgan fingerprint density at radius 1 is 0.485 bits per heavy atom. The average molecular weight is 1980 g/mol. The van der Waals surface area contributed by atoms with Gasteiger partial charge in [0, 0.05) is 120 Å². The molecule has 12 aromatic rings. The monoisotopic (exact) mass is 1980 g/mol. The van der Waals surface area contributed by atoms with Crippen molar-refractivity contribution in [2.24, 2.45) is 5.73 Å². The summed E-state index contributed by atoms with van der Waals surface area (Å²) in [5.74, 6) is -5.48. The van der Waals surface area contributed by atoms with Crippen molar-refractivity contribution in [1.82, 2.24) is 54.7 Å². The molecule has 3 fully saturated rings. The Morgan fingerprint density at radius 3 is 1.32 bits per heavy atom. The first-order chi connectivity index (χ1) is 60.3. The molecular formula is C91H104BBrCl3F8N15O8S3. The highest BCUT2D eigenvalue weighted by Gasteiger charge is 2.52. The fourth-order valence-corrected chi connectivity index (χ4v) is 20.4. The molecule has 39 heteroatoms. The lowest BCUT2D eigenvalue weighted by molar-refractivity contribution is 0.00578. The van der Waals surface area contributed by atoms with Gasteiger partial charge in [-0.25, -0.2) is 91.5 Å². The van der Waals surface area contributed by atoms with E-state index in [0.29, 0.717) is 84.8 Å². The third-order valence-corrected chi connectivity index (χ3v) is 29.2. The van der Waals surface area contributed by atoms with Crippen LogP contribution in [0.3, 0.4) is 0 Å². The first-order valence-electron chi connectivity index (χ1n) is 40.9. The van der Waals surface area contributed by atoms with E-state index >= 15 is 13.2 Å². The van der Waals surface area contributed by atoms with Gasteiger partial charge in [0.2, 0.25) is 5.95 Å². The van der Waals surface area contributed by atoms with Crippen LogP contribution in [0.1, 0.15) is 154 Å². The van der Waals surface area contributed by atoms with Gasteiger partial charge in [0.1, 0.15) is 38.8 Å². The number of pyridine rings is 3. The van der Waals surface area contributed by atoms with Crippen molar-refractivity contribution in [3.05, 3.63) is 234 Å². The SMILES string of the molecule is C.C.CCc1c(F)c(-c2cc(F)c(CS(=O)(=O)c3ccccc3Cl)nc2C)cc2cnc(F)nc12.CCc1c(F)c(-c2cc(F)c(NS(=O)(=O)c3ccccc3Cl)nc2C)cc2cnc(NC3CCC(N(C)C)CC3)nc12.CCc1c(F)c(Br)cc2cnc(F)nc12.CN(C)C1CCC(N)CC1.Cc1nc(NS(=O)(=O)c2ccccc2Cl)c(F)cc1B1OC(C)(C)C(C)(C)O1. The van der Waals surface area contributed by atoms with E-state index in [1.165, 1.54) is 112 Å². The van der Waals surface area contributed by atoms with Gasteiger partial charge in [-0.05, 0) is 236 Å². The molecule has 130 heavy (non-hydrogen) atoms. The van der Waals surface area contributed by atoms with Crippen molar-refractivity contribution in [3.63, 3.8) is 0 Å². The lowest BCUT2D eigenvalue weighted by Crippen LogP contribution is -2.41. The minimum Gasteiger partial charge on any atom is -0.399 e. The van der Waals surface area contributed by atoms with E-state index in [1.54, 1.807) is 64.2 Å². The molecule has 6 aromatic heterocycles. The Bertz CT molecular complexity index is 6500. The molecule has 23 nitrogen and oxygen atoms in total. The van der Waals surface area contributed by atoms with E-state index in [1.807, 2.05) is 34.6 Å². The van der Waals surface area contributed by atoms with Gasteiger partial charge in [0.25, 0.3) is 20.0 Å². The summed E-state index contributed by atoms with van der Waals surface area (Å²) in [4.78, 5) is 39.8. The lowest BCUT2D eigenvalue weighted by atomic mass is 9.78. The van der Waals surface area contributed by atoms with Gasteiger partial charge >= 0.3 is 19.3 Å². The van der Waals surface area contributed by atoms with Gasteiger partial charge in [-0.15, -0.1) is 0 Å². The van der Waals surface area contributed by atoms with Gasteiger partial charge in [-0.1, -0.05) is 107 Å². The third kappa shape index (κ3) is 24.2. The molecule has 2 saturated carbocycles. The number of nitrogens with one attached hydrogen (secondary N) is 3. The molecule has 0 atom stereocenters. The largest absolute Gasteiger partial charge is 0.496 e. The summed E-state index contributed by atoms with van der Waals surface area (Å²) in [7, 11) is -4.58. The van der Waals surface area contributed by atoms with Crippen molar-refractivity contribution < 1.29 is 69.7 Å². The summed E-state index contributed by atoms with van der Waals surface area (Å²) in [6.45, 7) is 17.6. The highest BCUT2D eigenvalue weighted by Crippen LogP contribution is 2.41. The van der Waals surface area contributed by atoms with E-state index in [-0.39, 0.29) is 113 Å². The molecular weight excluding hydrogens is 1880 g/mol. The van der Waals surface area contributed by atoms with Crippen LogP contribution >= 0.6 is 50.7 Å². The summed E-state index contributed by atoms with van der Waals surface area (Å²) < 4.78 is 209. The topological polar surface area (TPSA) is 305 Å². The third-order valence-electron chi connectivity index (χ3n) is 22.8. The highest BCUT2D eigenvalue weighted by atomic mass is 79.9. The van der Waals surface area contributed by atoms with Crippen molar-refractivity contribution in [2.45, 2.75) is 211 Å². The van der Waals surface area contributed by atoms with Crippen molar-refractivity contribution in [2.75, 3.05) is 43.0 Å². The van der Waals surface area contributed by atoms with E-state index in [2.05, 4.69) is 114 Å². The summed E-state index contributed by atoms with van der Waals surface area (Å²) in [5.41, 5.74) is 7.97. The second-order valence-electron chi connectivity index (χ2n) is 32.4. The Kier molecular flexibility index (Phi) is 35.0. The van der Waals surface area contributed by atoms with Gasteiger partial charge in [0.15, 0.2) is 33.1 Å². The van der Waals surface area contributed by atoms with Crippen molar-refractivity contribution >= 4 is 143 Å². The standard InChI is InChI=1S/C30H33ClF2N6O2S.C23H17ClF3N3O2S.C18H21BClFN2O4S.C10H7BrF2N2.C8H18N2.2CH4/c1-5-21-27(33)23(14-18-16-34-30(37-28(18)21)36-19-10-12-20(13-11-19)39(3)4)22-15-25(32)29(35-17(22)2)38-42(40,41)26-9-7-6-8-24(26)31;1-3-14-21(26)16(8-13-10-28-23(27)30-22(13)14)15-9-18(25)19(29-12(15)2)11-33(31,32)20-7-5-4-6-17(20)24;1-11-12(19-26-17(2,3)18(4,5)27-19)10-14(21)16(22-11)23-28(24,25)15-9-7-6-8-13(15)20;1-2-6-8(12)7(11)3-5-4-14-10(13)15-9(5)6;1-10(2)8-5-3-7(9)4-6-8;;/h6-9,14-16,19-20H,5,10-13H2,1-4H3,(H,35,38)(H,34,36,37);4-10H,3,11H2,1-2H3;6-10H,1-5H3,(H,22,23);3-4H,2H2,1H3;7-8H,3-6,9H2,1-2H3;2*1H4. The summed E-state index contributed by atoms with van der Waals surface area (Å²) in [6.07, 6.45) is 12.6. The summed E-state index contributed by atoms with van der Waals surface area (Å²) >= 11 is 21.1. The number of aromatic nitrogens is 9. The van der Waals surface area contributed by atoms with Crippen molar-refractivity contribution in [3.8, 4) is 22.3 Å². The maximum atomic E-state index is 16.0. The molecule has 15 rings (SSSR count). The number of hydrogen-bond acceptors (Lipinski definition) is 21. The van der Waals surface area contributed by atoms with E-state index in [0.717, 1.165) is 43.9 Å². The van der Waals surface area contributed by atoms with Crippen LogP contribution in [0.4, 0.5) is 52.7 Å². The van der Waals surface area contributed by atoms with Gasteiger partial charge < -0.3 is 30.2 Å². The summed E-state index contributed by atoms with van der Waals surface area (Å²) in [6, 6.07) is 27.5. The second-order valence-corrected chi connectivity index (χ2v) is 39.8. The Balaban J connectivity index is 0.000000195. The molecule has 5 N–H and O–H groups in total. The van der Waals surface area contributed by atoms with Crippen LogP contribution in [0.25, 0.3) is 55.0 Å². The van der Waals surface area contributed by atoms with Crippen LogP contribution in [0, 0.1) is 67.8 Å². The van der Waals surface area contributed by atoms with Crippen molar-refractivity contribution in [1.29, 1.82) is 0 Å². The zero-order valence-electron chi connectivity index (χ0n) is 72.5. The number of nitrogens with two attached hydrogens (primary N) is 1. The number of hydrogen-bond donors (Lipinski definition) is 4. The van der Waals surface area contributed by atoms with Gasteiger partial charge in [-0.3, -0.25) is 14.4 Å². The summed E-state index contributed by atoms with van der Waals surface area (Å²) in [5, 5.41) is 5.07. The fraction of sp³-hybridized carbons (Fsp3) is 0.374. The first-order valence-corrected chi connectivity index (χ1v) is 47.5. The highest BCUT2D eigenvalue weighted by molar-refractivity contribution is 9.10. The predicted octanol–water partition coefficient (Wildman–Crippen LogP) is 20.8. The molecule has 696 valence electrons. The zero-order valence-corrected chi connectivity index (χ0v) is 78.8. The first kappa shape index (κ1) is 104. The molecule has 0 radical (unpaired) electrons. The molecule has 6 aromatic carbocycles. The predicted molar refractivity (Wildman–Crippen MR) is 502 cm³/mol. The number of anilines is 3. The molecule has 3 aliphatic rings. The number of fused-ring (bicyclic) bond motifs is 3. The number of sulfonamides is 2. The Hall–Kier alpha value is -9.31. The van der Waals surface area contributed by atoms with E-state index in [4.69, 9.17) is 49.8 Å². The molecule has 0 spiro atoms. The molecule has 1 saturated heterocycles. The quantitative estimate of drug-likeness (QED) is 0.0332. The minimum absolute atomic E-state index is 0. The molecule has 0 bridgehead atoms. The molecule has 0 unspecified atom stereocenters. The van der Waals surface area contributed by atoms with Crippen LogP contribution in [0.5, 0.6) is 0 Å². The molecule has 2 aliphatic carbocycles. The second kappa shape index (κ2) is 43.6. The van der Waals surface area contributed by atoms with E-state index in [9.17, 15) is 47.2 Å². The van der Waals surface area contributed by atoms with Crippen LogP contribution in [0.15, 0.2) is 147 Å². The lowest BCUT2D eigenvalue weighted by Gasteiger charge is -2.33. The number of sulfone groups is 1. The Morgan fingerprint density at radius 2 is 0.869 bits per heavy atom. The molecule has 1 aliphatic heterocycles. The zero-order chi connectivity index (χ0) is 93.6. The smallest absolute Gasteiger partial charge is 0.399 e. The maximum Gasteiger partial charge on any atom is 0.496 e. The van der Waals surface area contributed by atoms with E-state index < -0.39 is 107 Å². The minimum atomic E-state index is -4.21. The number of nitrogens with zero attached hydrogens (tertiary/aromatic N) is 11. The van der Waals surface area contributed by atoms with Crippen LogP contribution in [-0.2, 0) is 64.2 Å². The van der Waals surface area contributed by atoms with Crippen LogP contribution < -0.4 is 26.0 Å². The number of rotatable bonds is 19. The number of benzene rings is 6. The number of halogens is 12. The van der Waals surface area contributed by atoms with Crippen LogP contribution in [-0.4, -0.2) is 151 Å². The molecule has 0 amide bonds. The molecule has 7 heterocycles. The normalized spacial score (nSPS) is 16.5. The van der Waals surface area contributed by atoms with Gasteiger partial charge in [0.05, 0.1) is 57.9 Å². The van der Waals surface area contributed by atoms with Crippen LogP contribution in [0.2, 0.25) is 15.1 Å². The average Bonchev–Trinajstić information content (AvgIpc) is 1.69. The maximum absolute atomic E-state index is 16.0. The van der Waals surface area contributed by atoms with Gasteiger partial charge in [-0.2, -0.15) is 8.78 Å².